The lowest BCUT2D eigenvalue weighted by molar-refractivity contribution is 0.0696. The molecule has 1 heterocycles. The van der Waals surface area contributed by atoms with Crippen LogP contribution in [0.5, 0.6) is 0 Å². The first kappa shape index (κ1) is 16.8. The van der Waals surface area contributed by atoms with Gasteiger partial charge in [-0.2, -0.15) is 11.8 Å². The molecule has 1 rings (SSSR count). The van der Waals surface area contributed by atoms with Crippen LogP contribution < -0.4 is 5.32 Å². The molecule has 112 valence electrons. The number of carboxylic acid groups (broad SMARTS) is 1. The molecule has 0 aliphatic rings. The Labute approximate surface area is 123 Å². The van der Waals surface area contributed by atoms with Crippen LogP contribution in [0.1, 0.15) is 42.7 Å². The maximum atomic E-state index is 11.1. The molecule has 0 amide bonds. The van der Waals surface area contributed by atoms with Gasteiger partial charge in [-0.05, 0) is 31.2 Å². The first-order valence-corrected chi connectivity index (χ1v) is 7.85. The van der Waals surface area contributed by atoms with Gasteiger partial charge in [0, 0.05) is 18.0 Å². The van der Waals surface area contributed by atoms with E-state index in [1.807, 2.05) is 20.1 Å². The van der Waals surface area contributed by atoms with E-state index in [2.05, 4.69) is 10.3 Å². The summed E-state index contributed by atoms with van der Waals surface area (Å²) in [6.07, 6.45) is 1.93. The van der Waals surface area contributed by atoms with Crippen LogP contribution in [0.15, 0.2) is 12.1 Å². The van der Waals surface area contributed by atoms with E-state index in [1.54, 1.807) is 24.8 Å². The van der Waals surface area contributed by atoms with E-state index in [1.165, 1.54) is 6.07 Å². The van der Waals surface area contributed by atoms with Gasteiger partial charge in [0.05, 0.1) is 11.2 Å². The maximum Gasteiger partial charge on any atom is 0.335 e. The zero-order valence-corrected chi connectivity index (χ0v) is 13.1. The third-order valence-corrected chi connectivity index (χ3v) is 3.70. The van der Waals surface area contributed by atoms with E-state index in [0.717, 1.165) is 5.69 Å². The lowest BCUT2D eigenvalue weighted by Gasteiger charge is -2.23. The summed E-state index contributed by atoms with van der Waals surface area (Å²) in [5.74, 6) is 0.236. The van der Waals surface area contributed by atoms with Crippen LogP contribution in [0.3, 0.4) is 0 Å². The molecule has 0 saturated carbocycles. The van der Waals surface area contributed by atoms with Crippen LogP contribution in [0.25, 0.3) is 0 Å². The molecule has 0 aliphatic heterocycles. The Bertz CT molecular complexity index is 475. The number of rotatable bonds is 7. The van der Waals surface area contributed by atoms with Crippen LogP contribution in [0.4, 0.5) is 5.82 Å². The molecule has 20 heavy (non-hydrogen) atoms. The number of aliphatic hydroxyl groups is 1. The molecule has 0 bridgehead atoms. The van der Waals surface area contributed by atoms with Gasteiger partial charge >= 0.3 is 5.97 Å². The molecule has 0 saturated heterocycles. The zero-order chi connectivity index (χ0) is 15.3. The lowest BCUT2D eigenvalue weighted by atomic mass is 10.1. The summed E-state index contributed by atoms with van der Waals surface area (Å²) >= 11 is 1.56. The molecule has 1 atom stereocenters. The zero-order valence-electron chi connectivity index (χ0n) is 12.3. The summed E-state index contributed by atoms with van der Waals surface area (Å²) in [6.45, 7) is 5.98. The summed E-state index contributed by atoms with van der Waals surface area (Å²) in [4.78, 5) is 15.5. The highest BCUT2D eigenvalue weighted by Crippen LogP contribution is 2.19. The number of carbonyl (C=O) groups is 1. The van der Waals surface area contributed by atoms with Crippen molar-refractivity contribution < 1.29 is 15.0 Å². The summed E-state index contributed by atoms with van der Waals surface area (Å²) in [7, 11) is 0. The summed E-state index contributed by atoms with van der Waals surface area (Å²) < 4.78 is 0. The first-order chi connectivity index (χ1) is 9.25. The van der Waals surface area contributed by atoms with Crippen molar-refractivity contribution in [1.82, 2.24) is 4.98 Å². The van der Waals surface area contributed by atoms with Gasteiger partial charge in [0.25, 0.3) is 0 Å². The highest BCUT2D eigenvalue weighted by atomic mass is 32.2. The minimum atomic E-state index is -0.978. The molecule has 6 heteroatoms. The highest BCUT2D eigenvalue weighted by Gasteiger charge is 2.20. The van der Waals surface area contributed by atoms with Crippen LogP contribution in [0, 0.1) is 0 Å². The molecular weight excluding hydrogens is 276 g/mol. The summed E-state index contributed by atoms with van der Waals surface area (Å²) in [5.41, 5.74) is 0.0609. The van der Waals surface area contributed by atoms with Gasteiger partial charge in [-0.25, -0.2) is 9.78 Å². The van der Waals surface area contributed by atoms with E-state index in [0.29, 0.717) is 18.1 Å². The number of nitrogens with one attached hydrogen (secondary N) is 1. The first-order valence-electron chi connectivity index (χ1n) is 6.45. The Hall–Kier alpha value is -1.27. The Kier molecular flexibility index (Phi) is 5.83. The molecule has 0 radical (unpaired) electrons. The van der Waals surface area contributed by atoms with Crippen LogP contribution in [-0.4, -0.2) is 45.3 Å². The molecule has 0 aromatic carbocycles. The van der Waals surface area contributed by atoms with Gasteiger partial charge in [0.1, 0.15) is 5.82 Å². The van der Waals surface area contributed by atoms with E-state index < -0.39 is 11.6 Å². The third kappa shape index (κ3) is 5.02. The normalized spacial score (nSPS) is 14.1. The number of pyridine rings is 1. The molecular formula is C14H22N2O3S. The molecule has 0 aliphatic carbocycles. The molecule has 0 spiro atoms. The van der Waals surface area contributed by atoms with Crippen molar-refractivity contribution in [2.24, 2.45) is 0 Å². The van der Waals surface area contributed by atoms with E-state index >= 15 is 0 Å². The number of thioether (sulfide) groups is 1. The van der Waals surface area contributed by atoms with Crippen molar-refractivity contribution in [3.8, 4) is 0 Å². The van der Waals surface area contributed by atoms with Crippen LogP contribution in [-0.2, 0) is 0 Å². The van der Waals surface area contributed by atoms with Crippen molar-refractivity contribution in [2.45, 2.75) is 32.3 Å². The number of aromatic carboxylic acids is 1. The second-order valence-electron chi connectivity index (χ2n) is 5.41. The van der Waals surface area contributed by atoms with E-state index in [4.69, 9.17) is 5.11 Å². The van der Waals surface area contributed by atoms with Crippen LogP contribution >= 0.6 is 11.8 Å². The number of hydrogen-bond acceptors (Lipinski definition) is 5. The fraction of sp³-hybridized carbons (Fsp3) is 0.571. The predicted molar refractivity (Wildman–Crippen MR) is 82.8 cm³/mol. The standard InChI is InChI=1S/C14H22N2O3S/c1-9(2)11-5-10(13(17)18)6-12(16-11)15-7-14(3,19)8-20-4/h5-6,9,19H,7-8H2,1-4H3,(H,15,16)(H,17,18). The van der Waals surface area contributed by atoms with Crippen molar-refractivity contribution in [1.29, 1.82) is 0 Å². The SMILES string of the molecule is CSCC(C)(O)CNc1cc(C(=O)O)cc(C(C)C)n1. The monoisotopic (exact) mass is 298 g/mol. The second-order valence-corrected chi connectivity index (χ2v) is 6.28. The minimum absolute atomic E-state index is 0.140. The molecule has 1 unspecified atom stereocenters. The smallest absolute Gasteiger partial charge is 0.335 e. The van der Waals surface area contributed by atoms with Gasteiger partial charge in [-0.15, -0.1) is 0 Å². The molecule has 5 nitrogen and oxygen atoms in total. The number of hydrogen-bond donors (Lipinski definition) is 3. The summed E-state index contributed by atoms with van der Waals surface area (Å²) in [5, 5.41) is 22.2. The number of aromatic nitrogens is 1. The number of nitrogens with zero attached hydrogens (tertiary/aromatic N) is 1. The predicted octanol–water partition coefficient (Wildman–Crippen LogP) is 2.43. The Morgan fingerprint density at radius 1 is 1.50 bits per heavy atom. The van der Waals surface area contributed by atoms with Gasteiger partial charge in [-0.3, -0.25) is 0 Å². The van der Waals surface area contributed by atoms with Gasteiger partial charge < -0.3 is 15.5 Å². The topological polar surface area (TPSA) is 82.5 Å². The second kappa shape index (κ2) is 6.95. The average molecular weight is 298 g/mol. The molecule has 3 N–H and O–H groups in total. The Balaban J connectivity index is 2.91. The van der Waals surface area contributed by atoms with Gasteiger partial charge in [0.2, 0.25) is 0 Å². The lowest BCUT2D eigenvalue weighted by Crippen LogP contribution is -2.36. The molecule has 1 aromatic rings. The number of carboxylic acids is 1. The van der Waals surface area contributed by atoms with Crippen molar-refractivity contribution in [3.05, 3.63) is 23.4 Å². The quantitative estimate of drug-likeness (QED) is 0.717. The largest absolute Gasteiger partial charge is 0.478 e. The van der Waals surface area contributed by atoms with Gasteiger partial charge in [-0.1, -0.05) is 13.8 Å². The fourth-order valence-corrected chi connectivity index (χ4v) is 2.43. The summed E-state index contributed by atoms with van der Waals surface area (Å²) in [6, 6.07) is 3.07. The van der Waals surface area contributed by atoms with E-state index in [-0.39, 0.29) is 11.5 Å². The highest BCUT2D eigenvalue weighted by molar-refractivity contribution is 7.98. The molecule has 0 fully saturated rings. The van der Waals surface area contributed by atoms with Crippen molar-refractivity contribution in [3.63, 3.8) is 0 Å². The minimum Gasteiger partial charge on any atom is -0.478 e. The average Bonchev–Trinajstić information content (AvgIpc) is 2.36. The van der Waals surface area contributed by atoms with Crippen molar-refractivity contribution >= 4 is 23.5 Å². The third-order valence-electron chi connectivity index (χ3n) is 2.79. The van der Waals surface area contributed by atoms with Gasteiger partial charge in [0.15, 0.2) is 0 Å². The number of anilines is 1. The Morgan fingerprint density at radius 3 is 2.65 bits per heavy atom. The Morgan fingerprint density at radius 2 is 2.15 bits per heavy atom. The van der Waals surface area contributed by atoms with E-state index in [9.17, 15) is 9.90 Å². The maximum absolute atomic E-state index is 11.1. The fourth-order valence-electron chi connectivity index (χ4n) is 1.70. The van der Waals surface area contributed by atoms with Crippen molar-refractivity contribution in [2.75, 3.05) is 23.9 Å². The molecule has 1 aromatic heterocycles. The van der Waals surface area contributed by atoms with Crippen LogP contribution in [0.2, 0.25) is 0 Å².